The Morgan fingerprint density at radius 1 is 0.651 bits per heavy atom. The van der Waals surface area contributed by atoms with Gasteiger partial charge in [0.25, 0.3) is 0 Å². The summed E-state index contributed by atoms with van der Waals surface area (Å²) in [5.41, 5.74) is 3.65. The number of rotatable bonds is 21. The smallest absolute Gasteiger partial charge is 0.343 e. The van der Waals surface area contributed by atoms with Gasteiger partial charge in [-0.15, -0.1) is 0 Å². The van der Waals surface area contributed by atoms with E-state index in [2.05, 4.69) is 37.9 Å². The Hall–Kier alpha value is -3.40. The van der Waals surface area contributed by atoms with E-state index in [1.807, 2.05) is 42.6 Å². The summed E-state index contributed by atoms with van der Waals surface area (Å²) >= 11 is 0. The van der Waals surface area contributed by atoms with E-state index < -0.39 is 0 Å². The van der Waals surface area contributed by atoms with Crippen LogP contribution in [-0.2, 0) is 0 Å². The minimum atomic E-state index is -0.384. The molecular formula is C39H53NO3. The number of hydrogen-bond acceptors (Lipinski definition) is 4. The molecule has 0 spiro atoms. The molecule has 0 aliphatic heterocycles. The van der Waals surface area contributed by atoms with Crippen molar-refractivity contribution in [2.45, 2.75) is 117 Å². The third-order valence-corrected chi connectivity index (χ3v) is 7.87. The standard InChI is InChI=1S/C39H53NO3/c1-4-5-6-7-8-9-10-11-12-13-14-15-16-17-30-42-37-28-22-35(23-29-37)39(41)43-38-26-18-33(19-27-38)31-40-36-24-20-34(21-25-36)32(2)3/h18-29,31-32H,4-17,30H2,1-3H3. The number of ether oxygens (including phenoxy) is 2. The summed E-state index contributed by atoms with van der Waals surface area (Å²) in [5.74, 6) is 1.41. The van der Waals surface area contributed by atoms with Crippen LogP contribution in [0.3, 0.4) is 0 Å². The summed E-state index contributed by atoms with van der Waals surface area (Å²) in [4.78, 5) is 17.2. The molecule has 0 unspecified atom stereocenters. The van der Waals surface area contributed by atoms with Crippen LogP contribution in [0.4, 0.5) is 5.69 Å². The second-order valence-electron chi connectivity index (χ2n) is 11.9. The average Bonchev–Trinajstić information content (AvgIpc) is 3.03. The predicted molar refractivity (Wildman–Crippen MR) is 181 cm³/mol. The van der Waals surface area contributed by atoms with Crippen molar-refractivity contribution in [1.82, 2.24) is 0 Å². The largest absolute Gasteiger partial charge is 0.494 e. The highest BCUT2D eigenvalue weighted by Crippen LogP contribution is 2.20. The SMILES string of the molecule is CCCCCCCCCCCCCCCCOc1ccc(C(=O)Oc2ccc(C=Nc3ccc(C(C)C)cc3)cc2)cc1. The maximum atomic E-state index is 12.6. The minimum Gasteiger partial charge on any atom is -0.494 e. The van der Waals surface area contributed by atoms with Crippen LogP contribution in [0.2, 0.25) is 0 Å². The van der Waals surface area contributed by atoms with E-state index in [4.69, 9.17) is 9.47 Å². The van der Waals surface area contributed by atoms with Gasteiger partial charge in [0.1, 0.15) is 11.5 Å². The molecule has 0 atom stereocenters. The maximum absolute atomic E-state index is 12.6. The van der Waals surface area contributed by atoms with Gasteiger partial charge in [0.15, 0.2) is 0 Å². The molecule has 232 valence electrons. The molecule has 4 heteroatoms. The van der Waals surface area contributed by atoms with Gasteiger partial charge in [-0.3, -0.25) is 4.99 Å². The van der Waals surface area contributed by atoms with E-state index in [0.29, 0.717) is 23.8 Å². The molecule has 0 heterocycles. The van der Waals surface area contributed by atoms with Crippen LogP contribution in [0, 0.1) is 0 Å². The first-order chi connectivity index (χ1) is 21.0. The Morgan fingerprint density at radius 3 is 1.70 bits per heavy atom. The second kappa shape index (κ2) is 20.5. The number of hydrogen-bond donors (Lipinski definition) is 0. The number of unbranched alkanes of at least 4 members (excludes halogenated alkanes) is 13. The van der Waals surface area contributed by atoms with E-state index in [1.54, 1.807) is 24.3 Å². The summed E-state index contributed by atoms with van der Waals surface area (Å²) in [6, 6.07) is 22.8. The lowest BCUT2D eigenvalue weighted by Gasteiger charge is -2.08. The molecule has 3 aromatic carbocycles. The van der Waals surface area contributed by atoms with Crippen molar-refractivity contribution < 1.29 is 14.3 Å². The second-order valence-corrected chi connectivity index (χ2v) is 11.9. The normalized spacial score (nSPS) is 11.3. The Morgan fingerprint density at radius 2 is 1.16 bits per heavy atom. The van der Waals surface area contributed by atoms with Gasteiger partial charge in [0, 0.05) is 6.21 Å². The summed E-state index contributed by atoms with van der Waals surface area (Å²) in [6.07, 6.45) is 20.7. The third-order valence-electron chi connectivity index (χ3n) is 7.87. The molecule has 0 aromatic heterocycles. The van der Waals surface area contributed by atoms with Gasteiger partial charge in [-0.05, 0) is 84.1 Å². The molecule has 0 bridgehead atoms. The fourth-order valence-electron chi connectivity index (χ4n) is 5.06. The molecule has 0 radical (unpaired) electrons. The van der Waals surface area contributed by atoms with Gasteiger partial charge in [0.2, 0.25) is 0 Å². The predicted octanol–water partition coefficient (Wildman–Crippen LogP) is 11.6. The zero-order valence-corrected chi connectivity index (χ0v) is 26.9. The van der Waals surface area contributed by atoms with Crippen molar-refractivity contribution in [2.24, 2.45) is 4.99 Å². The zero-order chi connectivity index (χ0) is 30.5. The molecule has 0 aliphatic rings. The molecular weight excluding hydrogens is 530 g/mol. The Labute approximate surface area is 260 Å². The van der Waals surface area contributed by atoms with Gasteiger partial charge in [-0.2, -0.15) is 0 Å². The third kappa shape index (κ3) is 14.1. The molecule has 0 saturated carbocycles. The van der Waals surface area contributed by atoms with Gasteiger partial charge >= 0.3 is 5.97 Å². The lowest BCUT2D eigenvalue weighted by molar-refractivity contribution is 0.0734. The number of aliphatic imine (C=N–C) groups is 1. The van der Waals surface area contributed by atoms with E-state index in [0.717, 1.165) is 23.4 Å². The van der Waals surface area contributed by atoms with Crippen LogP contribution in [0.25, 0.3) is 0 Å². The Bertz CT molecular complexity index is 1180. The number of benzene rings is 3. The van der Waals surface area contributed by atoms with Crippen molar-refractivity contribution in [2.75, 3.05) is 6.61 Å². The summed E-state index contributed by atoms with van der Waals surface area (Å²) in [5, 5.41) is 0. The summed E-state index contributed by atoms with van der Waals surface area (Å²) < 4.78 is 11.4. The van der Waals surface area contributed by atoms with E-state index in [9.17, 15) is 4.79 Å². The summed E-state index contributed by atoms with van der Waals surface area (Å²) in [6.45, 7) is 7.35. The first-order valence-electron chi connectivity index (χ1n) is 16.7. The quantitative estimate of drug-likeness (QED) is 0.0542. The number of carbonyl (C=O) groups excluding carboxylic acids is 1. The first-order valence-corrected chi connectivity index (χ1v) is 16.7. The van der Waals surface area contributed by atoms with Crippen molar-refractivity contribution in [1.29, 1.82) is 0 Å². The average molecular weight is 584 g/mol. The van der Waals surface area contributed by atoms with Crippen molar-refractivity contribution in [3.8, 4) is 11.5 Å². The van der Waals surface area contributed by atoms with Crippen molar-refractivity contribution in [3.63, 3.8) is 0 Å². The fraction of sp³-hybridized carbons (Fsp3) is 0.487. The maximum Gasteiger partial charge on any atom is 0.343 e. The molecule has 3 aromatic rings. The van der Waals surface area contributed by atoms with Gasteiger partial charge in [-0.1, -0.05) is 116 Å². The van der Waals surface area contributed by atoms with Crippen LogP contribution < -0.4 is 9.47 Å². The lowest BCUT2D eigenvalue weighted by Crippen LogP contribution is -2.08. The van der Waals surface area contributed by atoms with Crippen LogP contribution in [0.5, 0.6) is 11.5 Å². The zero-order valence-electron chi connectivity index (χ0n) is 26.9. The molecule has 0 aliphatic carbocycles. The minimum absolute atomic E-state index is 0.384. The van der Waals surface area contributed by atoms with Crippen LogP contribution in [0.15, 0.2) is 77.8 Å². The molecule has 0 fully saturated rings. The molecule has 0 saturated heterocycles. The fourth-order valence-corrected chi connectivity index (χ4v) is 5.06. The number of esters is 1. The van der Waals surface area contributed by atoms with E-state index in [-0.39, 0.29) is 5.97 Å². The Balaban J connectivity index is 1.25. The van der Waals surface area contributed by atoms with Crippen molar-refractivity contribution >= 4 is 17.9 Å². The lowest BCUT2D eigenvalue weighted by atomic mass is 10.0. The topological polar surface area (TPSA) is 47.9 Å². The molecule has 3 rings (SSSR count). The molecule has 0 N–H and O–H groups in total. The van der Waals surface area contributed by atoms with E-state index in [1.165, 1.54) is 89.0 Å². The number of nitrogens with zero attached hydrogens (tertiary/aromatic N) is 1. The first kappa shape index (κ1) is 34.1. The van der Waals surface area contributed by atoms with Gasteiger partial charge < -0.3 is 9.47 Å². The molecule has 4 nitrogen and oxygen atoms in total. The Kier molecular flexibility index (Phi) is 16.3. The van der Waals surface area contributed by atoms with Crippen molar-refractivity contribution in [3.05, 3.63) is 89.5 Å². The van der Waals surface area contributed by atoms with Crippen LogP contribution in [0.1, 0.15) is 138 Å². The van der Waals surface area contributed by atoms with Crippen LogP contribution >= 0.6 is 0 Å². The highest BCUT2D eigenvalue weighted by atomic mass is 16.5. The van der Waals surface area contributed by atoms with Crippen LogP contribution in [-0.4, -0.2) is 18.8 Å². The summed E-state index contributed by atoms with van der Waals surface area (Å²) in [7, 11) is 0. The number of carbonyl (C=O) groups is 1. The van der Waals surface area contributed by atoms with Gasteiger partial charge in [-0.25, -0.2) is 4.79 Å². The molecule has 0 amide bonds. The van der Waals surface area contributed by atoms with Gasteiger partial charge in [0.05, 0.1) is 17.9 Å². The molecule has 43 heavy (non-hydrogen) atoms. The highest BCUT2D eigenvalue weighted by Gasteiger charge is 2.09. The highest BCUT2D eigenvalue weighted by molar-refractivity contribution is 5.91. The monoisotopic (exact) mass is 583 g/mol. The van der Waals surface area contributed by atoms with E-state index >= 15 is 0 Å².